The van der Waals surface area contributed by atoms with Crippen molar-refractivity contribution < 1.29 is 9.59 Å². The van der Waals surface area contributed by atoms with Gasteiger partial charge in [0.2, 0.25) is 11.8 Å². The third kappa shape index (κ3) is 4.72. The summed E-state index contributed by atoms with van der Waals surface area (Å²) in [6, 6.07) is 25.2. The minimum absolute atomic E-state index is 0.103. The number of nitrogens with two attached hydrogens (primary N) is 1. The zero-order valence-corrected chi connectivity index (χ0v) is 17.3. The first-order valence-corrected chi connectivity index (χ1v) is 10.6. The molecule has 0 aromatic heterocycles. The van der Waals surface area contributed by atoms with Gasteiger partial charge < -0.3 is 11.1 Å². The highest BCUT2D eigenvalue weighted by Crippen LogP contribution is 2.33. The van der Waals surface area contributed by atoms with Crippen molar-refractivity contribution in [3.63, 3.8) is 0 Å². The molecule has 5 nitrogen and oxygen atoms in total. The minimum Gasteiger partial charge on any atom is -0.368 e. The number of rotatable bonds is 6. The van der Waals surface area contributed by atoms with Gasteiger partial charge in [-0.05, 0) is 41.8 Å². The van der Waals surface area contributed by atoms with Gasteiger partial charge in [0.1, 0.15) is 0 Å². The molecule has 3 N–H and O–H groups in total. The fraction of sp³-hybridized carbons (Fsp3) is 0.167. The number of hydrogen-bond acceptors (Lipinski definition) is 4. The lowest BCUT2D eigenvalue weighted by molar-refractivity contribution is -0.125. The fourth-order valence-electron chi connectivity index (χ4n) is 3.67. The van der Waals surface area contributed by atoms with Gasteiger partial charge in [-0.25, -0.2) is 0 Å². The lowest BCUT2D eigenvalue weighted by Gasteiger charge is -2.34. The summed E-state index contributed by atoms with van der Waals surface area (Å²) in [5, 5.41) is 3.01. The second kappa shape index (κ2) is 9.15. The van der Waals surface area contributed by atoms with Crippen LogP contribution < -0.4 is 11.1 Å². The van der Waals surface area contributed by atoms with Crippen LogP contribution >= 0.6 is 11.8 Å². The molecule has 0 bridgehead atoms. The summed E-state index contributed by atoms with van der Waals surface area (Å²) in [6.07, 6.45) is 0.527. The SMILES string of the molecule is NC(=O)[C@@H]1Cc2ccccc2CN1CC(=O)Nc1ccccc1Sc1ccccc1. The van der Waals surface area contributed by atoms with Crippen LogP contribution in [0.1, 0.15) is 11.1 Å². The molecule has 1 atom stereocenters. The van der Waals surface area contributed by atoms with Crippen molar-refractivity contribution in [2.75, 3.05) is 11.9 Å². The van der Waals surface area contributed by atoms with Crippen LogP contribution in [-0.2, 0) is 22.6 Å². The Morgan fingerprint density at radius 2 is 1.60 bits per heavy atom. The van der Waals surface area contributed by atoms with Crippen molar-refractivity contribution in [3.8, 4) is 0 Å². The normalized spacial score (nSPS) is 15.9. The maximum atomic E-state index is 12.9. The van der Waals surface area contributed by atoms with Gasteiger partial charge in [-0.3, -0.25) is 14.5 Å². The van der Waals surface area contributed by atoms with Crippen molar-refractivity contribution in [1.82, 2.24) is 4.90 Å². The van der Waals surface area contributed by atoms with Crippen LogP contribution in [0.15, 0.2) is 88.7 Å². The lowest BCUT2D eigenvalue weighted by Crippen LogP contribution is -2.50. The van der Waals surface area contributed by atoms with E-state index in [0.29, 0.717) is 13.0 Å². The number of primary amides is 1. The van der Waals surface area contributed by atoms with Crippen LogP contribution in [0.25, 0.3) is 0 Å². The molecule has 6 heteroatoms. The van der Waals surface area contributed by atoms with Crippen LogP contribution in [0.5, 0.6) is 0 Å². The van der Waals surface area contributed by atoms with Crippen molar-refractivity contribution >= 4 is 29.3 Å². The summed E-state index contributed by atoms with van der Waals surface area (Å²) in [5.74, 6) is -0.570. The van der Waals surface area contributed by atoms with E-state index < -0.39 is 11.9 Å². The van der Waals surface area contributed by atoms with Crippen LogP contribution in [0, 0.1) is 0 Å². The Kier molecular flexibility index (Phi) is 6.16. The second-order valence-corrected chi connectivity index (χ2v) is 8.37. The highest BCUT2D eigenvalue weighted by molar-refractivity contribution is 7.99. The highest BCUT2D eigenvalue weighted by Gasteiger charge is 2.31. The van der Waals surface area contributed by atoms with Gasteiger partial charge in [-0.1, -0.05) is 66.4 Å². The van der Waals surface area contributed by atoms with Crippen molar-refractivity contribution in [1.29, 1.82) is 0 Å². The molecule has 0 aliphatic carbocycles. The predicted octanol–water partition coefficient (Wildman–Crippen LogP) is 3.69. The van der Waals surface area contributed by atoms with Crippen LogP contribution in [0.2, 0.25) is 0 Å². The molecule has 1 heterocycles. The van der Waals surface area contributed by atoms with E-state index in [2.05, 4.69) is 5.32 Å². The van der Waals surface area contributed by atoms with E-state index in [1.165, 1.54) is 0 Å². The fourth-order valence-corrected chi connectivity index (χ4v) is 4.60. The summed E-state index contributed by atoms with van der Waals surface area (Å²) in [5.41, 5.74) is 8.63. The largest absolute Gasteiger partial charge is 0.368 e. The molecule has 30 heavy (non-hydrogen) atoms. The summed E-state index contributed by atoms with van der Waals surface area (Å²) in [4.78, 5) is 28.8. The monoisotopic (exact) mass is 417 g/mol. The Hall–Kier alpha value is -3.09. The van der Waals surface area contributed by atoms with E-state index in [9.17, 15) is 9.59 Å². The van der Waals surface area contributed by atoms with Gasteiger partial charge in [0.15, 0.2) is 0 Å². The Morgan fingerprint density at radius 3 is 2.37 bits per heavy atom. The van der Waals surface area contributed by atoms with Gasteiger partial charge in [-0.2, -0.15) is 0 Å². The number of amides is 2. The van der Waals surface area contributed by atoms with Crippen molar-refractivity contribution in [2.24, 2.45) is 5.73 Å². The molecule has 0 saturated carbocycles. The summed E-state index contributed by atoms with van der Waals surface area (Å²) in [7, 11) is 0. The van der Waals surface area contributed by atoms with Crippen molar-refractivity contribution in [2.45, 2.75) is 28.8 Å². The van der Waals surface area contributed by atoms with E-state index in [1.54, 1.807) is 11.8 Å². The zero-order valence-electron chi connectivity index (χ0n) is 16.5. The Morgan fingerprint density at radius 1 is 0.933 bits per heavy atom. The number of fused-ring (bicyclic) bond motifs is 1. The summed E-state index contributed by atoms with van der Waals surface area (Å²) >= 11 is 1.60. The molecule has 2 amide bonds. The van der Waals surface area contributed by atoms with Gasteiger partial charge in [0.25, 0.3) is 0 Å². The average Bonchev–Trinajstić information content (AvgIpc) is 2.75. The second-order valence-electron chi connectivity index (χ2n) is 7.26. The molecule has 0 saturated heterocycles. The number of nitrogens with zero attached hydrogens (tertiary/aromatic N) is 1. The molecule has 152 valence electrons. The third-order valence-corrected chi connectivity index (χ3v) is 6.24. The van der Waals surface area contributed by atoms with Gasteiger partial charge in [-0.15, -0.1) is 0 Å². The Labute approximate surface area is 180 Å². The number of carbonyl (C=O) groups excluding carboxylic acids is 2. The molecule has 3 aromatic rings. The summed E-state index contributed by atoms with van der Waals surface area (Å²) in [6.45, 7) is 0.629. The van der Waals surface area contributed by atoms with E-state index in [-0.39, 0.29) is 12.5 Å². The average molecular weight is 418 g/mol. The predicted molar refractivity (Wildman–Crippen MR) is 119 cm³/mol. The zero-order chi connectivity index (χ0) is 20.9. The number of anilines is 1. The molecule has 0 unspecified atom stereocenters. The minimum atomic E-state index is -0.486. The van der Waals surface area contributed by atoms with E-state index in [0.717, 1.165) is 26.6 Å². The first-order valence-electron chi connectivity index (χ1n) is 9.82. The van der Waals surface area contributed by atoms with E-state index >= 15 is 0 Å². The maximum absolute atomic E-state index is 12.9. The maximum Gasteiger partial charge on any atom is 0.238 e. The molecular weight excluding hydrogens is 394 g/mol. The molecular formula is C24H23N3O2S. The molecule has 0 fully saturated rings. The first kappa shape index (κ1) is 20.2. The van der Waals surface area contributed by atoms with E-state index in [4.69, 9.17) is 5.73 Å². The van der Waals surface area contributed by atoms with Crippen LogP contribution in [-0.4, -0.2) is 29.3 Å². The Bertz CT molecular complexity index is 1060. The number of nitrogens with one attached hydrogen (secondary N) is 1. The Balaban J connectivity index is 1.48. The molecule has 3 aromatic carbocycles. The van der Waals surface area contributed by atoms with Crippen LogP contribution in [0.4, 0.5) is 5.69 Å². The van der Waals surface area contributed by atoms with Gasteiger partial charge in [0.05, 0.1) is 18.3 Å². The quantitative estimate of drug-likeness (QED) is 0.641. The molecule has 0 spiro atoms. The number of carbonyl (C=O) groups is 2. The molecule has 1 aliphatic heterocycles. The van der Waals surface area contributed by atoms with Crippen molar-refractivity contribution in [3.05, 3.63) is 90.0 Å². The summed E-state index contributed by atoms with van der Waals surface area (Å²) < 4.78 is 0. The highest BCUT2D eigenvalue weighted by atomic mass is 32.2. The smallest absolute Gasteiger partial charge is 0.238 e. The van der Waals surface area contributed by atoms with Gasteiger partial charge in [0, 0.05) is 16.3 Å². The van der Waals surface area contributed by atoms with Gasteiger partial charge >= 0.3 is 0 Å². The number of para-hydroxylation sites is 1. The topological polar surface area (TPSA) is 75.4 Å². The third-order valence-electron chi connectivity index (χ3n) is 5.15. The molecule has 1 aliphatic rings. The van der Waals surface area contributed by atoms with Crippen LogP contribution in [0.3, 0.4) is 0 Å². The number of benzene rings is 3. The standard InChI is InChI=1S/C24H23N3O2S/c25-24(29)21-14-17-8-4-5-9-18(17)15-27(21)16-23(28)26-20-12-6-7-13-22(20)30-19-10-2-1-3-11-19/h1-13,21H,14-16H2,(H2,25,29)(H,26,28)/t21-/m0/s1. The molecule has 4 rings (SSSR count). The first-order chi connectivity index (χ1) is 14.6. The molecule has 0 radical (unpaired) electrons. The van der Waals surface area contributed by atoms with E-state index in [1.807, 2.05) is 83.8 Å². The number of hydrogen-bond donors (Lipinski definition) is 2. The lowest BCUT2D eigenvalue weighted by atomic mass is 9.93.